The first-order valence-corrected chi connectivity index (χ1v) is 9.27. The highest BCUT2D eigenvalue weighted by atomic mass is 32.1. The number of rotatable bonds is 5. The normalized spacial score (nSPS) is 11.5. The third-order valence-electron chi connectivity index (χ3n) is 4.15. The zero-order valence-corrected chi connectivity index (χ0v) is 15.7. The Kier molecular flexibility index (Phi) is 4.33. The average Bonchev–Trinajstić information content (AvgIpc) is 3.11. The second-order valence-corrected chi connectivity index (χ2v) is 7.38. The lowest BCUT2D eigenvalue weighted by Gasteiger charge is -2.26. The van der Waals surface area contributed by atoms with Crippen molar-refractivity contribution in [3.8, 4) is 6.01 Å². The van der Waals surface area contributed by atoms with Gasteiger partial charge in [-0.1, -0.05) is 36.4 Å². The van der Waals surface area contributed by atoms with Gasteiger partial charge in [-0.05, 0) is 31.5 Å². The molecular weight excluding hydrogens is 360 g/mol. The summed E-state index contributed by atoms with van der Waals surface area (Å²) in [6.07, 6.45) is 0. The number of hydrogen-bond donors (Lipinski definition) is 3. The monoisotopic (exact) mass is 378 g/mol. The van der Waals surface area contributed by atoms with Gasteiger partial charge in [-0.25, -0.2) is 4.98 Å². The lowest BCUT2D eigenvalue weighted by Crippen LogP contribution is -2.29. The van der Waals surface area contributed by atoms with Crippen LogP contribution >= 0.6 is 11.3 Å². The van der Waals surface area contributed by atoms with Gasteiger partial charge in [0.15, 0.2) is 0 Å². The van der Waals surface area contributed by atoms with E-state index in [1.54, 1.807) is 5.51 Å². The first kappa shape index (κ1) is 17.2. The van der Waals surface area contributed by atoms with E-state index in [1.165, 1.54) is 11.3 Å². The lowest BCUT2D eigenvalue weighted by molar-refractivity contribution is 0.429. The van der Waals surface area contributed by atoms with E-state index in [1.807, 2.05) is 62.4 Å². The molecule has 4 rings (SSSR count). The molecular formula is C19H18N6OS. The fraction of sp³-hybridized carbons (Fsp3) is 0.158. The number of fused-ring (bicyclic) bond motifs is 1. The Labute approximate surface area is 160 Å². The van der Waals surface area contributed by atoms with Gasteiger partial charge in [-0.3, -0.25) is 0 Å². The smallest absolute Gasteiger partial charge is 0.320 e. The molecule has 0 aliphatic rings. The predicted octanol–water partition coefficient (Wildman–Crippen LogP) is 4.28. The fourth-order valence-electron chi connectivity index (χ4n) is 2.79. The summed E-state index contributed by atoms with van der Waals surface area (Å²) in [6, 6.07) is 15.4. The van der Waals surface area contributed by atoms with Crippen LogP contribution in [0, 0.1) is 0 Å². The maximum absolute atomic E-state index is 9.96. The number of aromatic nitrogens is 4. The maximum Gasteiger partial charge on any atom is 0.320 e. The van der Waals surface area contributed by atoms with Crippen molar-refractivity contribution in [1.82, 2.24) is 19.9 Å². The van der Waals surface area contributed by atoms with Gasteiger partial charge in [0, 0.05) is 0 Å². The number of nitrogens with one attached hydrogen (secondary N) is 2. The molecule has 0 unspecified atom stereocenters. The summed E-state index contributed by atoms with van der Waals surface area (Å²) in [5.41, 5.74) is 4.16. The van der Waals surface area contributed by atoms with E-state index in [4.69, 9.17) is 0 Å². The van der Waals surface area contributed by atoms with Crippen LogP contribution in [0.2, 0.25) is 0 Å². The summed E-state index contributed by atoms with van der Waals surface area (Å²) < 4.78 is 0.997. The fourth-order valence-corrected chi connectivity index (χ4v) is 3.55. The molecule has 2 aromatic heterocycles. The van der Waals surface area contributed by atoms with Gasteiger partial charge in [-0.2, -0.15) is 15.0 Å². The van der Waals surface area contributed by atoms with Crippen molar-refractivity contribution in [3.05, 3.63) is 59.6 Å². The molecule has 0 spiro atoms. The summed E-state index contributed by atoms with van der Waals surface area (Å²) in [4.78, 5) is 16.7. The largest absolute Gasteiger partial charge is 0.479 e. The summed E-state index contributed by atoms with van der Waals surface area (Å²) in [5, 5.41) is 16.4. The number of hydrogen-bond acceptors (Lipinski definition) is 8. The van der Waals surface area contributed by atoms with Crippen molar-refractivity contribution >= 4 is 39.1 Å². The van der Waals surface area contributed by atoms with E-state index >= 15 is 0 Å². The molecule has 2 heterocycles. The Balaban J connectivity index is 1.63. The summed E-state index contributed by atoms with van der Waals surface area (Å²) in [5.74, 6) is 0.546. The summed E-state index contributed by atoms with van der Waals surface area (Å²) >= 11 is 1.53. The Morgan fingerprint density at radius 1 is 0.926 bits per heavy atom. The van der Waals surface area contributed by atoms with Crippen LogP contribution in [-0.2, 0) is 5.54 Å². The second-order valence-electron chi connectivity index (χ2n) is 6.53. The molecule has 0 saturated heterocycles. The molecule has 8 heteroatoms. The van der Waals surface area contributed by atoms with Gasteiger partial charge in [0.1, 0.15) is 0 Å². The zero-order chi connectivity index (χ0) is 18.9. The van der Waals surface area contributed by atoms with Crippen LogP contribution in [0.5, 0.6) is 6.01 Å². The Bertz CT molecular complexity index is 1080. The molecule has 7 nitrogen and oxygen atoms in total. The Morgan fingerprint density at radius 2 is 1.70 bits per heavy atom. The minimum atomic E-state index is -0.427. The van der Waals surface area contributed by atoms with Crippen molar-refractivity contribution in [2.24, 2.45) is 0 Å². The molecule has 3 N–H and O–H groups in total. The van der Waals surface area contributed by atoms with Gasteiger partial charge in [0.25, 0.3) is 0 Å². The molecule has 4 aromatic rings. The third kappa shape index (κ3) is 3.65. The van der Waals surface area contributed by atoms with Crippen LogP contribution in [0.3, 0.4) is 0 Å². The minimum absolute atomic E-state index is 0.259. The van der Waals surface area contributed by atoms with E-state index in [-0.39, 0.29) is 17.9 Å². The molecule has 0 radical (unpaired) electrons. The molecule has 2 aromatic carbocycles. The second kappa shape index (κ2) is 6.81. The topological polar surface area (TPSA) is 95.9 Å². The van der Waals surface area contributed by atoms with Crippen molar-refractivity contribution in [1.29, 1.82) is 0 Å². The van der Waals surface area contributed by atoms with Gasteiger partial charge in [0.2, 0.25) is 11.9 Å². The number of benzene rings is 2. The highest BCUT2D eigenvalue weighted by Crippen LogP contribution is 2.29. The number of thiazole rings is 1. The third-order valence-corrected chi connectivity index (χ3v) is 5.02. The molecule has 0 aliphatic heterocycles. The van der Waals surface area contributed by atoms with Gasteiger partial charge >= 0.3 is 6.01 Å². The van der Waals surface area contributed by atoms with Crippen LogP contribution < -0.4 is 10.6 Å². The predicted molar refractivity (Wildman–Crippen MR) is 107 cm³/mol. The molecule has 0 amide bonds. The summed E-state index contributed by atoms with van der Waals surface area (Å²) in [7, 11) is 0. The first-order chi connectivity index (χ1) is 13.0. The van der Waals surface area contributed by atoms with Crippen molar-refractivity contribution in [3.63, 3.8) is 0 Å². The molecule has 0 bridgehead atoms. The van der Waals surface area contributed by atoms with Crippen molar-refractivity contribution in [2.45, 2.75) is 19.4 Å². The van der Waals surface area contributed by atoms with Crippen molar-refractivity contribution in [2.75, 3.05) is 10.6 Å². The van der Waals surface area contributed by atoms with Crippen LogP contribution in [0.1, 0.15) is 19.4 Å². The van der Waals surface area contributed by atoms with Crippen molar-refractivity contribution < 1.29 is 5.11 Å². The number of aromatic hydroxyl groups is 1. The van der Waals surface area contributed by atoms with Gasteiger partial charge in [0.05, 0.1) is 27.0 Å². The standard InChI is InChI=1S/C19H18N6OS/c1-19(2,12-7-4-3-5-8-12)25-17-22-16(23-18(26)24-17)21-14-10-6-9-13-15(14)27-11-20-13/h3-11H,1-2H3,(H3,21,22,23,24,25,26). The Morgan fingerprint density at radius 3 is 2.52 bits per heavy atom. The lowest BCUT2D eigenvalue weighted by atomic mass is 9.95. The number of nitrogens with zero attached hydrogens (tertiary/aromatic N) is 4. The highest BCUT2D eigenvalue weighted by Gasteiger charge is 2.22. The molecule has 0 atom stereocenters. The van der Waals surface area contributed by atoms with Gasteiger partial charge < -0.3 is 15.7 Å². The van der Waals surface area contributed by atoms with Crippen LogP contribution in [0.15, 0.2) is 54.0 Å². The minimum Gasteiger partial charge on any atom is -0.479 e. The van der Waals surface area contributed by atoms with E-state index in [0.29, 0.717) is 0 Å². The highest BCUT2D eigenvalue weighted by molar-refractivity contribution is 7.17. The molecule has 0 saturated carbocycles. The van der Waals surface area contributed by atoms with Gasteiger partial charge in [-0.15, -0.1) is 11.3 Å². The molecule has 136 valence electrons. The van der Waals surface area contributed by atoms with E-state index in [0.717, 1.165) is 21.5 Å². The average molecular weight is 378 g/mol. The van der Waals surface area contributed by atoms with E-state index < -0.39 is 5.54 Å². The molecule has 0 aliphatic carbocycles. The first-order valence-electron chi connectivity index (χ1n) is 8.39. The van der Waals surface area contributed by atoms with E-state index in [2.05, 4.69) is 30.6 Å². The van der Waals surface area contributed by atoms with Crippen LogP contribution in [-0.4, -0.2) is 25.0 Å². The molecule has 0 fully saturated rings. The summed E-state index contributed by atoms with van der Waals surface area (Å²) in [6.45, 7) is 4.04. The zero-order valence-electron chi connectivity index (χ0n) is 14.8. The molecule has 27 heavy (non-hydrogen) atoms. The number of anilines is 3. The SMILES string of the molecule is CC(C)(Nc1nc(O)nc(Nc2cccc3ncsc23)n1)c1ccccc1. The van der Waals surface area contributed by atoms with Crippen LogP contribution in [0.4, 0.5) is 17.6 Å². The van der Waals surface area contributed by atoms with E-state index in [9.17, 15) is 5.11 Å². The van der Waals surface area contributed by atoms with Crippen LogP contribution in [0.25, 0.3) is 10.2 Å². The maximum atomic E-state index is 9.96. The Hall–Kier alpha value is -3.26. The quantitative estimate of drug-likeness (QED) is 0.477.